The van der Waals surface area contributed by atoms with Gasteiger partial charge in [-0.25, -0.2) is 9.59 Å². The molecule has 0 saturated carbocycles. The van der Waals surface area contributed by atoms with E-state index < -0.39 is 11.9 Å². The van der Waals surface area contributed by atoms with Gasteiger partial charge in [-0.2, -0.15) is 0 Å². The molecule has 0 aromatic heterocycles. The summed E-state index contributed by atoms with van der Waals surface area (Å²) in [6, 6.07) is 16.9. The van der Waals surface area contributed by atoms with Crippen molar-refractivity contribution in [1.82, 2.24) is 0 Å². The number of carbonyl (C=O) groups excluding carboxylic acids is 1. The van der Waals surface area contributed by atoms with Crippen molar-refractivity contribution in [3.8, 4) is 11.5 Å². The number of unbranched alkanes of at least 4 members (excludes halogenated alkanes) is 7. The molecule has 0 aliphatic heterocycles. The number of hydrogen-bond donors (Lipinski definition) is 1. The van der Waals surface area contributed by atoms with Crippen LogP contribution in [0.15, 0.2) is 60.7 Å². The van der Waals surface area contributed by atoms with Crippen LogP contribution in [0.2, 0.25) is 0 Å². The van der Waals surface area contributed by atoms with Crippen LogP contribution in [0.25, 0.3) is 10.8 Å². The number of ether oxygens (including phenoxy) is 2. The summed E-state index contributed by atoms with van der Waals surface area (Å²) in [4.78, 5) is 23.6. The van der Waals surface area contributed by atoms with Gasteiger partial charge in [0.2, 0.25) is 0 Å². The maximum absolute atomic E-state index is 12.5. The van der Waals surface area contributed by atoms with Crippen molar-refractivity contribution in [2.45, 2.75) is 58.3 Å². The lowest BCUT2D eigenvalue weighted by molar-refractivity contribution is 0.0694. The van der Waals surface area contributed by atoms with Crippen LogP contribution in [-0.4, -0.2) is 23.7 Å². The molecular weight excluding hydrogens is 416 g/mol. The quantitative estimate of drug-likeness (QED) is 0.169. The van der Waals surface area contributed by atoms with E-state index in [-0.39, 0.29) is 5.56 Å². The Morgan fingerprint density at radius 2 is 1.27 bits per heavy atom. The Hall–Kier alpha value is -3.34. The van der Waals surface area contributed by atoms with E-state index in [0.29, 0.717) is 17.9 Å². The number of aromatic carboxylic acids is 1. The van der Waals surface area contributed by atoms with Crippen molar-refractivity contribution in [1.29, 1.82) is 0 Å². The molecular formula is C28H32O5. The molecule has 0 amide bonds. The van der Waals surface area contributed by atoms with E-state index >= 15 is 0 Å². The highest BCUT2D eigenvalue weighted by Crippen LogP contribution is 2.23. The molecule has 33 heavy (non-hydrogen) atoms. The van der Waals surface area contributed by atoms with Crippen LogP contribution >= 0.6 is 0 Å². The number of carboxylic acids is 1. The number of rotatable bonds is 13. The molecule has 3 aromatic carbocycles. The Bertz CT molecular complexity index is 1060. The van der Waals surface area contributed by atoms with Gasteiger partial charge in [0, 0.05) is 0 Å². The molecule has 0 aliphatic carbocycles. The van der Waals surface area contributed by atoms with Gasteiger partial charge >= 0.3 is 11.9 Å². The summed E-state index contributed by atoms with van der Waals surface area (Å²) in [5, 5.41) is 10.7. The number of carbonyl (C=O) groups is 2. The van der Waals surface area contributed by atoms with E-state index in [4.69, 9.17) is 14.6 Å². The number of benzene rings is 3. The average molecular weight is 449 g/mol. The molecule has 174 valence electrons. The van der Waals surface area contributed by atoms with E-state index in [0.717, 1.165) is 22.9 Å². The zero-order valence-electron chi connectivity index (χ0n) is 19.2. The van der Waals surface area contributed by atoms with Crippen LogP contribution < -0.4 is 9.47 Å². The second kappa shape index (κ2) is 12.6. The van der Waals surface area contributed by atoms with Crippen LogP contribution in [0, 0.1) is 0 Å². The van der Waals surface area contributed by atoms with Gasteiger partial charge in [0.25, 0.3) is 0 Å². The zero-order valence-corrected chi connectivity index (χ0v) is 19.2. The van der Waals surface area contributed by atoms with Crippen LogP contribution in [0.4, 0.5) is 0 Å². The summed E-state index contributed by atoms with van der Waals surface area (Å²) in [6.07, 6.45) is 10.1. The minimum absolute atomic E-state index is 0.219. The van der Waals surface area contributed by atoms with E-state index in [1.165, 1.54) is 51.0 Å². The Kier molecular flexibility index (Phi) is 9.31. The summed E-state index contributed by atoms with van der Waals surface area (Å²) in [7, 11) is 0. The Labute approximate surface area is 195 Å². The lowest BCUT2D eigenvalue weighted by atomic mass is 10.1. The van der Waals surface area contributed by atoms with Crippen LogP contribution in [-0.2, 0) is 0 Å². The molecule has 0 fully saturated rings. The summed E-state index contributed by atoms with van der Waals surface area (Å²) >= 11 is 0. The van der Waals surface area contributed by atoms with Crippen molar-refractivity contribution >= 4 is 22.7 Å². The number of hydrogen-bond acceptors (Lipinski definition) is 4. The highest BCUT2D eigenvalue weighted by atomic mass is 16.5. The third-order valence-corrected chi connectivity index (χ3v) is 5.63. The fourth-order valence-electron chi connectivity index (χ4n) is 3.70. The van der Waals surface area contributed by atoms with E-state index in [2.05, 4.69) is 6.92 Å². The van der Waals surface area contributed by atoms with Crippen molar-refractivity contribution < 1.29 is 24.2 Å². The van der Waals surface area contributed by atoms with Gasteiger partial charge in [-0.3, -0.25) is 0 Å². The second-order valence-electron chi connectivity index (χ2n) is 8.27. The lowest BCUT2D eigenvalue weighted by Crippen LogP contribution is -2.08. The topological polar surface area (TPSA) is 72.8 Å². The van der Waals surface area contributed by atoms with Crippen molar-refractivity contribution in [2.75, 3.05) is 6.61 Å². The fourth-order valence-corrected chi connectivity index (χ4v) is 3.70. The van der Waals surface area contributed by atoms with Gasteiger partial charge in [0.1, 0.15) is 11.5 Å². The maximum Gasteiger partial charge on any atom is 0.343 e. The van der Waals surface area contributed by atoms with Crippen molar-refractivity contribution in [3.63, 3.8) is 0 Å². The average Bonchev–Trinajstić information content (AvgIpc) is 2.83. The first kappa shape index (κ1) is 24.3. The minimum Gasteiger partial charge on any atom is -0.494 e. The first-order chi connectivity index (χ1) is 16.1. The summed E-state index contributed by atoms with van der Waals surface area (Å²) in [5.41, 5.74) is 0.660. The summed E-state index contributed by atoms with van der Waals surface area (Å²) in [6.45, 7) is 2.91. The first-order valence-corrected chi connectivity index (χ1v) is 11.8. The van der Waals surface area contributed by atoms with Gasteiger partial charge in [0.05, 0.1) is 17.7 Å². The zero-order chi connectivity index (χ0) is 23.5. The standard InChI is InChI=1S/C28H32O5/c1-2-3-4-5-6-7-8-9-18-32-25-15-12-21(13-16-25)28(31)33-26-17-14-22-19-24(27(29)30)11-10-23(22)20-26/h10-17,19-20H,2-9,18H2,1H3,(H,29,30). The SMILES string of the molecule is CCCCCCCCCCOc1ccc(C(=O)Oc2ccc3cc(C(=O)O)ccc3c2)cc1. The van der Waals surface area contributed by atoms with Gasteiger partial charge in [-0.1, -0.05) is 64.0 Å². The molecule has 0 unspecified atom stereocenters. The molecule has 0 aliphatic rings. The van der Waals surface area contributed by atoms with Crippen molar-refractivity contribution in [2.24, 2.45) is 0 Å². The van der Waals surface area contributed by atoms with Gasteiger partial charge in [-0.05, 0) is 65.7 Å². The molecule has 5 nitrogen and oxygen atoms in total. The van der Waals surface area contributed by atoms with E-state index in [9.17, 15) is 9.59 Å². The molecule has 3 aromatic rings. The predicted molar refractivity (Wildman–Crippen MR) is 130 cm³/mol. The highest BCUT2D eigenvalue weighted by Gasteiger charge is 2.10. The monoisotopic (exact) mass is 448 g/mol. The van der Waals surface area contributed by atoms with Crippen LogP contribution in [0.3, 0.4) is 0 Å². The fraction of sp³-hybridized carbons (Fsp3) is 0.357. The Morgan fingerprint density at radius 3 is 1.97 bits per heavy atom. The Balaban J connectivity index is 1.44. The molecule has 0 radical (unpaired) electrons. The van der Waals surface area contributed by atoms with Crippen LogP contribution in [0.5, 0.6) is 11.5 Å². The molecule has 0 saturated heterocycles. The predicted octanol–water partition coefficient (Wildman–Crippen LogP) is 7.28. The van der Waals surface area contributed by atoms with Gasteiger partial charge < -0.3 is 14.6 Å². The van der Waals surface area contributed by atoms with E-state index in [1.807, 2.05) is 0 Å². The molecule has 0 atom stereocenters. The van der Waals surface area contributed by atoms with Crippen molar-refractivity contribution in [3.05, 3.63) is 71.8 Å². The second-order valence-corrected chi connectivity index (χ2v) is 8.27. The maximum atomic E-state index is 12.5. The third kappa shape index (κ3) is 7.63. The third-order valence-electron chi connectivity index (χ3n) is 5.63. The first-order valence-electron chi connectivity index (χ1n) is 11.8. The van der Waals surface area contributed by atoms with E-state index in [1.54, 1.807) is 54.6 Å². The molecule has 3 rings (SSSR count). The minimum atomic E-state index is -0.974. The number of fused-ring (bicyclic) bond motifs is 1. The van der Waals surface area contributed by atoms with Crippen LogP contribution in [0.1, 0.15) is 79.0 Å². The number of carboxylic acid groups (broad SMARTS) is 1. The Morgan fingerprint density at radius 1 is 0.697 bits per heavy atom. The largest absolute Gasteiger partial charge is 0.494 e. The molecule has 1 N–H and O–H groups in total. The van der Waals surface area contributed by atoms with Gasteiger partial charge in [-0.15, -0.1) is 0 Å². The molecule has 0 spiro atoms. The summed E-state index contributed by atoms with van der Waals surface area (Å²) in [5.74, 6) is -0.274. The molecule has 0 heterocycles. The molecule has 0 bridgehead atoms. The number of esters is 1. The van der Waals surface area contributed by atoms with Gasteiger partial charge in [0.15, 0.2) is 0 Å². The smallest absolute Gasteiger partial charge is 0.343 e. The summed E-state index contributed by atoms with van der Waals surface area (Å²) < 4.78 is 11.3. The molecule has 5 heteroatoms. The highest BCUT2D eigenvalue weighted by molar-refractivity contribution is 5.95. The lowest BCUT2D eigenvalue weighted by Gasteiger charge is -2.08. The normalized spacial score (nSPS) is 10.8.